The van der Waals surface area contributed by atoms with Crippen LogP contribution in [0.15, 0.2) is 59.5 Å². The van der Waals surface area contributed by atoms with E-state index in [1.165, 1.54) is 12.1 Å². The molecule has 0 amide bonds. The second kappa shape index (κ2) is 12.5. The number of unbranched alkanes of at least 4 members (excludes halogenated alkanes) is 2. The van der Waals surface area contributed by atoms with Gasteiger partial charge in [0.1, 0.15) is 6.61 Å². The molecule has 3 N–H and O–H groups in total. The zero-order valence-corrected chi connectivity index (χ0v) is 16.5. The van der Waals surface area contributed by atoms with Crippen molar-refractivity contribution < 1.29 is 22.5 Å². The molecule has 27 heavy (non-hydrogen) atoms. The van der Waals surface area contributed by atoms with Crippen molar-refractivity contribution in [2.75, 3.05) is 6.54 Å². The van der Waals surface area contributed by atoms with Crippen LogP contribution in [0.3, 0.4) is 0 Å². The summed E-state index contributed by atoms with van der Waals surface area (Å²) in [6, 6.07) is 14.7. The summed E-state index contributed by atoms with van der Waals surface area (Å²) in [5, 5.41) is 0.682. The molecule has 8 heteroatoms. The maximum absolute atomic E-state index is 11.4. The first-order chi connectivity index (χ1) is 12.8. The third-order valence-corrected chi connectivity index (χ3v) is 4.56. The number of carbonyl (C=O) groups excluding carboxylic acids is 1. The fourth-order valence-corrected chi connectivity index (χ4v) is 2.63. The molecule has 0 unspecified atom stereocenters. The SMILES string of the molecule is NCCCCCC(=O)OCc1ccc(Cl)cc1.O=S(=O)(O)c1ccccc1. The maximum atomic E-state index is 11.4. The highest BCUT2D eigenvalue weighted by Gasteiger charge is 2.05. The molecule has 0 heterocycles. The quantitative estimate of drug-likeness (QED) is 0.387. The summed E-state index contributed by atoms with van der Waals surface area (Å²) in [4.78, 5) is 11.3. The second-order valence-corrected chi connectivity index (χ2v) is 7.53. The van der Waals surface area contributed by atoms with Crippen molar-refractivity contribution in [2.24, 2.45) is 5.73 Å². The second-order valence-electron chi connectivity index (χ2n) is 5.67. The van der Waals surface area contributed by atoms with E-state index in [9.17, 15) is 13.2 Å². The largest absolute Gasteiger partial charge is 0.461 e. The summed E-state index contributed by atoms with van der Waals surface area (Å²) in [6.07, 6.45) is 3.25. The summed E-state index contributed by atoms with van der Waals surface area (Å²) in [6.45, 7) is 0.993. The molecule has 0 aliphatic rings. The van der Waals surface area contributed by atoms with Gasteiger partial charge in [0.15, 0.2) is 0 Å². The predicted octanol–water partition coefficient (Wildman–Crippen LogP) is 3.84. The van der Waals surface area contributed by atoms with Gasteiger partial charge in [0.2, 0.25) is 0 Å². The maximum Gasteiger partial charge on any atom is 0.306 e. The Morgan fingerprint density at radius 2 is 1.63 bits per heavy atom. The molecule has 2 rings (SSSR count). The van der Waals surface area contributed by atoms with E-state index in [0.29, 0.717) is 24.6 Å². The van der Waals surface area contributed by atoms with Gasteiger partial charge in [0, 0.05) is 11.4 Å². The van der Waals surface area contributed by atoms with Crippen molar-refractivity contribution in [1.82, 2.24) is 0 Å². The van der Waals surface area contributed by atoms with Crippen molar-refractivity contribution >= 4 is 27.7 Å². The van der Waals surface area contributed by atoms with E-state index in [1.807, 2.05) is 12.1 Å². The van der Waals surface area contributed by atoms with Gasteiger partial charge >= 0.3 is 5.97 Å². The van der Waals surface area contributed by atoms with Crippen LogP contribution in [0.4, 0.5) is 0 Å². The Balaban J connectivity index is 0.000000309. The molecule has 0 aliphatic heterocycles. The summed E-state index contributed by atoms with van der Waals surface area (Å²) in [5.74, 6) is -0.156. The monoisotopic (exact) mass is 413 g/mol. The average molecular weight is 414 g/mol. The van der Waals surface area contributed by atoms with Gasteiger partial charge in [-0.05, 0) is 49.2 Å². The fourth-order valence-electron chi connectivity index (χ4n) is 2.00. The molecule has 0 spiro atoms. The van der Waals surface area contributed by atoms with Crippen LogP contribution < -0.4 is 5.73 Å². The van der Waals surface area contributed by atoms with Gasteiger partial charge < -0.3 is 10.5 Å². The lowest BCUT2D eigenvalue weighted by Gasteiger charge is -2.04. The number of hydrogen-bond donors (Lipinski definition) is 2. The third kappa shape index (κ3) is 10.7. The Morgan fingerprint density at radius 1 is 1.00 bits per heavy atom. The van der Waals surface area contributed by atoms with Crippen molar-refractivity contribution in [1.29, 1.82) is 0 Å². The average Bonchev–Trinajstić information content (AvgIpc) is 2.65. The molecule has 2 aromatic rings. The first-order valence-corrected chi connectivity index (χ1v) is 10.3. The van der Waals surface area contributed by atoms with E-state index >= 15 is 0 Å². The first-order valence-electron chi connectivity index (χ1n) is 8.45. The molecular formula is C19H24ClNO5S. The van der Waals surface area contributed by atoms with Crippen LogP contribution in [-0.2, 0) is 26.3 Å². The molecule has 148 valence electrons. The van der Waals surface area contributed by atoms with E-state index in [1.54, 1.807) is 30.3 Å². The zero-order chi connectivity index (χ0) is 20.1. The lowest BCUT2D eigenvalue weighted by Crippen LogP contribution is -2.05. The van der Waals surface area contributed by atoms with Crippen molar-refractivity contribution in [3.63, 3.8) is 0 Å². The number of ether oxygens (including phenoxy) is 1. The van der Waals surface area contributed by atoms with E-state index in [-0.39, 0.29) is 10.9 Å². The predicted molar refractivity (Wildman–Crippen MR) is 105 cm³/mol. The summed E-state index contributed by atoms with van der Waals surface area (Å²) in [5.41, 5.74) is 6.31. The number of hydrogen-bond acceptors (Lipinski definition) is 5. The molecule has 0 saturated heterocycles. The molecule has 0 aliphatic carbocycles. The van der Waals surface area contributed by atoms with Crippen LogP contribution in [0.2, 0.25) is 5.02 Å². The van der Waals surface area contributed by atoms with Crippen molar-refractivity contribution in [3.05, 3.63) is 65.2 Å². The van der Waals surface area contributed by atoms with Crippen LogP contribution in [-0.4, -0.2) is 25.5 Å². The van der Waals surface area contributed by atoms with Crippen molar-refractivity contribution in [3.8, 4) is 0 Å². The molecule has 2 aromatic carbocycles. The zero-order valence-electron chi connectivity index (χ0n) is 14.9. The van der Waals surface area contributed by atoms with E-state index in [0.717, 1.165) is 24.8 Å². The number of rotatable bonds is 8. The molecule has 0 atom stereocenters. The van der Waals surface area contributed by atoms with Gasteiger partial charge in [-0.3, -0.25) is 9.35 Å². The molecule has 0 aromatic heterocycles. The Labute approximate surface area is 165 Å². The van der Waals surface area contributed by atoms with Gasteiger partial charge in [-0.1, -0.05) is 48.4 Å². The van der Waals surface area contributed by atoms with Gasteiger partial charge in [0.25, 0.3) is 10.1 Å². The Hall–Kier alpha value is -1.93. The minimum atomic E-state index is -4.00. The van der Waals surface area contributed by atoms with Gasteiger partial charge in [-0.15, -0.1) is 0 Å². The van der Waals surface area contributed by atoms with Gasteiger partial charge in [-0.25, -0.2) is 0 Å². The molecule has 0 saturated carbocycles. The van der Waals surface area contributed by atoms with Crippen LogP contribution >= 0.6 is 11.6 Å². The van der Waals surface area contributed by atoms with Crippen LogP contribution in [0.5, 0.6) is 0 Å². The van der Waals surface area contributed by atoms with Gasteiger partial charge in [0.05, 0.1) is 4.90 Å². The molecule has 6 nitrogen and oxygen atoms in total. The number of halogens is 1. The van der Waals surface area contributed by atoms with E-state index < -0.39 is 10.1 Å². The normalized spacial score (nSPS) is 10.6. The Bertz CT molecular complexity index is 780. The number of nitrogens with two attached hydrogens (primary N) is 1. The summed E-state index contributed by atoms with van der Waals surface area (Å²) in [7, 11) is -4.00. The van der Waals surface area contributed by atoms with E-state index in [2.05, 4.69) is 0 Å². The van der Waals surface area contributed by atoms with E-state index in [4.69, 9.17) is 26.6 Å². The van der Waals surface area contributed by atoms with Crippen LogP contribution in [0.1, 0.15) is 31.2 Å². The Morgan fingerprint density at radius 3 is 2.15 bits per heavy atom. The third-order valence-electron chi connectivity index (χ3n) is 3.44. The summed E-state index contributed by atoms with van der Waals surface area (Å²) >= 11 is 5.75. The highest BCUT2D eigenvalue weighted by Crippen LogP contribution is 2.11. The highest BCUT2D eigenvalue weighted by atomic mass is 35.5. The summed E-state index contributed by atoms with van der Waals surface area (Å²) < 4.78 is 34.4. The first kappa shape index (κ1) is 23.1. The number of esters is 1. The number of benzene rings is 2. The molecule has 0 bridgehead atoms. The molecule has 0 radical (unpaired) electrons. The van der Waals surface area contributed by atoms with Crippen molar-refractivity contribution in [2.45, 2.75) is 37.2 Å². The topological polar surface area (TPSA) is 107 Å². The van der Waals surface area contributed by atoms with Crippen LogP contribution in [0, 0.1) is 0 Å². The van der Waals surface area contributed by atoms with Gasteiger partial charge in [-0.2, -0.15) is 8.42 Å². The lowest BCUT2D eigenvalue weighted by molar-refractivity contribution is -0.145. The minimum absolute atomic E-state index is 0.0741. The molecular weight excluding hydrogens is 390 g/mol. The molecule has 0 fully saturated rings. The van der Waals surface area contributed by atoms with Crippen LogP contribution in [0.25, 0.3) is 0 Å². The Kier molecular flexibility index (Phi) is 10.7. The standard InChI is InChI=1S/C13H18ClNO2.C6H6O3S/c14-12-7-5-11(6-8-12)10-17-13(16)4-2-1-3-9-15;7-10(8,9)6-4-2-1-3-5-6/h5-8H,1-4,9-10,15H2;1-5H,(H,7,8,9). The lowest BCUT2D eigenvalue weighted by atomic mass is 10.2. The smallest absolute Gasteiger partial charge is 0.306 e. The fraction of sp³-hybridized carbons (Fsp3) is 0.316. The minimum Gasteiger partial charge on any atom is -0.461 e. The number of carbonyl (C=O) groups is 1. The highest BCUT2D eigenvalue weighted by molar-refractivity contribution is 7.85.